The molecular formula is C18H16Cl2N2S. The fourth-order valence-electron chi connectivity index (χ4n) is 2.34. The van der Waals surface area contributed by atoms with Crippen LogP contribution in [0, 0.1) is 6.92 Å². The van der Waals surface area contributed by atoms with Gasteiger partial charge < -0.3 is 5.32 Å². The van der Waals surface area contributed by atoms with Crippen molar-refractivity contribution in [2.75, 3.05) is 0 Å². The van der Waals surface area contributed by atoms with Crippen LogP contribution in [0.15, 0.2) is 48.7 Å². The zero-order valence-corrected chi connectivity index (χ0v) is 15.0. The number of nitrogens with one attached hydrogen (secondary N) is 1. The largest absolute Gasteiger partial charge is 0.306 e. The maximum Gasteiger partial charge on any atom is 0.107 e. The van der Waals surface area contributed by atoms with Crippen LogP contribution >= 0.6 is 34.5 Å². The molecule has 0 aliphatic carbocycles. The van der Waals surface area contributed by atoms with E-state index in [4.69, 9.17) is 23.2 Å². The van der Waals surface area contributed by atoms with Gasteiger partial charge in [-0.3, -0.25) is 0 Å². The number of rotatable bonds is 5. The summed E-state index contributed by atoms with van der Waals surface area (Å²) < 4.78 is 0. The Balaban J connectivity index is 1.63. The molecule has 3 rings (SSSR count). The van der Waals surface area contributed by atoms with E-state index in [9.17, 15) is 0 Å². The van der Waals surface area contributed by atoms with Crippen molar-refractivity contribution in [1.29, 1.82) is 0 Å². The molecule has 1 N–H and O–H groups in total. The van der Waals surface area contributed by atoms with E-state index < -0.39 is 0 Å². The van der Waals surface area contributed by atoms with Gasteiger partial charge in [0.15, 0.2) is 0 Å². The van der Waals surface area contributed by atoms with E-state index >= 15 is 0 Å². The number of benzene rings is 2. The van der Waals surface area contributed by atoms with Crippen LogP contribution in [0.2, 0.25) is 10.0 Å². The third-order valence-electron chi connectivity index (χ3n) is 3.57. The molecule has 5 heteroatoms. The van der Waals surface area contributed by atoms with Crippen molar-refractivity contribution < 1.29 is 0 Å². The SMILES string of the molecule is Cc1ccccc1-c1cnc(CNCc2ccc(Cl)cc2Cl)s1. The van der Waals surface area contributed by atoms with Crippen molar-refractivity contribution in [3.8, 4) is 10.4 Å². The molecule has 1 heterocycles. The van der Waals surface area contributed by atoms with Gasteiger partial charge in [-0.1, -0.05) is 53.5 Å². The average molecular weight is 363 g/mol. The summed E-state index contributed by atoms with van der Waals surface area (Å²) >= 11 is 13.8. The molecule has 0 radical (unpaired) electrons. The maximum absolute atomic E-state index is 6.18. The Morgan fingerprint density at radius 1 is 1.09 bits per heavy atom. The Hall–Kier alpha value is -1.39. The summed E-state index contributed by atoms with van der Waals surface area (Å²) in [6.07, 6.45) is 1.94. The monoisotopic (exact) mass is 362 g/mol. The van der Waals surface area contributed by atoms with Crippen LogP contribution in [0.5, 0.6) is 0 Å². The minimum absolute atomic E-state index is 0.654. The number of hydrogen-bond acceptors (Lipinski definition) is 3. The molecule has 23 heavy (non-hydrogen) atoms. The van der Waals surface area contributed by atoms with E-state index in [1.165, 1.54) is 16.0 Å². The van der Waals surface area contributed by atoms with Gasteiger partial charge in [0.2, 0.25) is 0 Å². The van der Waals surface area contributed by atoms with Crippen LogP contribution in [0.25, 0.3) is 10.4 Å². The minimum atomic E-state index is 0.654. The molecule has 3 aromatic rings. The Morgan fingerprint density at radius 3 is 2.70 bits per heavy atom. The maximum atomic E-state index is 6.18. The van der Waals surface area contributed by atoms with Gasteiger partial charge in [0, 0.05) is 29.3 Å². The fraction of sp³-hybridized carbons (Fsp3) is 0.167. The fourth-order valence-corrected chi connectivity index (χ4v) is 3.79. The second-order valence-electron chi connectivity index (χ2n) is 5.27. The number of thiazole rings is 1. The van der Waals surface area contributed by atoms with Crippen LogP contribution in [-0.2, 0) is 13.1 Å². The summed E-state index contributed by atoms with van der Waals surface area (Å²) in [7, 11) is 0. The Kier molecular flexibility index (Phi) is 5.34. The lowest BCUT2D eigenvalue weighted by Crippen LogP contribution is -2.12. The topological polar surface area (TPSA) is 24.9 Å². The summed E-state index contributed by atoms with van der Waals surface area (Å²) in [4.78, 5) is 5.70. The molecule has 0 bridgehead atoms. The molecule has 0 spiro atoms. The molecule has 0 aliphatic rings. The molecule has 0 atom stereocenters. The average Bonchev–Trinajstić information content (AvgIpc) is 2.98. The molecule has 0 saturated carbocycles. The first-order valence-electron chi connectivity index (χ1n) is 7.29. The van der Waals surface area contributed by atoms with E-state index in [-0.39, 0.29) is 0 Å². The molecular weight excluding hydrogens is 347 g/mol. The van der Waals surface area contributed by atoms with Gasteiger partial charge in [0.05, 0.1) is 4.88 Å². The summed E-state index contributed by atoms with van der Waals surface area (Å²) in [5.74, 6) is 0. The van der Waals surface area contributed by atoms with Gasteiger partial charge in [-0.25, -0.2) is 4.98 Å². The predicted octanol–water partition coefficient (Wildman–Crippen LogP) is 5.72. The summed E-state index contributed by atoms with van der Waals surface area (Å²) in [6, 6.07) is 13.9. The molecule has 0 aliphatic heterocycles. The second kappa shape index (κ2) is 7.45. The molecule has 118 valence electrons. The lowest BCUT2D eigenvalue weighted by Gasteiger charge is -2.05. The second-order valence-corrected chi connectivity index (χ2v) is 7.23. The summed E-state index contributed by atoms with van der Waals surface area (Å²) in [5, 5.41) is 5.78. The van der Waals surface area contributed by atoms with Crippen molar-refractivity contribution in [3.63, 3.8) is 0 Å². The summed E-state index contributed by atoms with van der Waals surface area (Å²) in [6.45, 7) is 3.53. The molecule has 2 aromatic carbocycles. The smallest absolute Gasteiger partial charge is 0.107 e. The zero-order valence-electron chi connectivity index (χ0n) is 12.6. The van der Waals surface area contributed by atoms with E-state index in [0.29, 0.717) is 16.6 Å². The molecule has 0 saturated heterocycles. The van der Waals surface area contributed by atoms with E-state index in [1.54, 1.807) is 17.4 Å². The van der Waals surface area contributed by atoms with Crippen LogP contribution in [-0.4, -0.2) is 4.98 Å². The van der Waals surface area contributed by atoms with E-state index in [0.717, 1.165) is 17.1 Å². The highest BCUT2D eigenvalue weighted by molar-refractivity contribution is 7.15. The Labute approximate surface area is 150 Å². The van der Waals surface area contributed by atoms with Gasteiger partial charge in [-0.15, -0.1) is 11.3 Å². The number of hydrogen-bond donors (Lipinski definition) is 1. The molecule has 2 nitrogen and oxygen atoms in total. The number of halogens is 2. The Bertz CT molecular complexity index is 814. The molecule has 0 fully saturated rings. The summed E-state index contributed by atoms with van der Waals surface area (Å²) in [5.41, 5.74) is 3.55. The van der Waals surface area contributed by atoms with Crippen LogP contribution in [0.3, 0.4) is 0 Å². The molecule has 0 unspecified atom stereocenters. The standard InChI is InChI=1S/C18H16Cl2N2S/c1-12-4-2-3-5-15(12)17-10-22-18(23-17)11-21-9-13-6-7-14(19)8-16(13)20/h2-8,10,21H,9,11H2,1H3. The van der Waals surface area contributed by atoms with E-state index in [2.05, 4.69) is 41.5 Å². The van der Waals surface area contributed by atoms with E-state index in [1.807, 2.05) is 18.3 Å². The Morgan fingerprint density at radius 2 is 1.91 bits per heavy atom. The van der Waals surface area contributed by atoms with Gasteiger partial charge in [-0.05, 0) is 35.7 Å². The molecule has 0 amide bonds. The normalized spacial score (nSPS) is 10.9. The number of aromatic nitrogens is 1. The van der Waals surface area contributed by atoms with Crippen LogP contribution < -0.4 is 5.32 Å². The van der Waals surface area contributed by atoms with Crippen molar-refractivity contribution in [2.45, 2.75) is 20.0 Å². The van der Waals surface area contributed by atoms with Gasteiger partial charge in [0.25, 0.3) is 0 Å². The number of aryl methyl sites for hydroxylation is 1. The lowest BCUT2D eigenvalue weighted by atomic mass is 10.1. The minimum Gasteiger partial charge on any atom is -0.306 e. The van der Waals surface area contributed by atoms with Gasteiger partial charge in [-0.2, -0.15) is 0 Å². The first kappa shape index (κ1) is 16.5. The zero-order chi connectivity index (χ0) is 16.2. The number of nitrogens with zero attached hydrogens (tertiary/aromatic N) is 1. The van der Waals surface area contributed by atoms with Crippen molar-refractivity contribution in [1.82, 2.24) is 10.3 Å². The third kappa shape index (κ3) is 4.12. The first-order valence-corrected chi connectivity index (χ1v) is 8.86. The quantitative estimate of drug-likeness (QED) is 0.628. The highest BCUT2D eigenvalue weighted by Gasteiger charge is 2.07. The van der Waals surface area contributed by atoms with Gasteiger partial charge in [0.1, 0.15) is 5.01 Å². The van der Waals surface area contributed by atoms with Crippen molar-refractivity contribution in [3.05, 3.63) is 74.8 Å². The lowest BCUT2D eigenvalue weighted by molar-refractivity contribution is 0.690. The van der Waals surface area contributed by atoms with Gasteiger partial charge >= 0.3 is 0 Å². The third-order valence-corrected chi connectivity index (χ3v) is 5.19. The van der Waals surface area contributed by atoms with Crippen molar-refractivity contribution >= 4 is 34.5 Å². The van der Waals surface area contributed by atoms with Crippen LogP contribution in [0.1, 0.15) is 16.1 Å². The van der Waals surface area contributed by atoms with Crippen molar-refractivity contribution in [2.24, 2.45) is 0 Å². The highest BCUT2D eigenvalue weighted by Crippen LogP contribution is 2.28. The van der Waals surface area contributed by atoms with Crippen LogP contribution in [0.4, 0.5) is 0 Å². The first-order chi connectivity index (χ1) is 11.1. The molecule has 1 aromatic heterocycles. The predicted molar refractivity (Wildman–Crippen MR) is 99.3 cm³/mol. The highest BCUT2D eigenvalue weighted by atomic mass is 35.5.